The number of hydrogen-bond acceptors (Lipinski definition) is 3. The highest BCUT2D eigenvalue weighted by molar-refractivity contribution is 8.00. The average Bonchev–Trinajstić information content (AvgIpc) is 2.75. The molecule has 2 nitrogen and oxygen atoms in total. The van der Waals surface area contributed by atoms with Gasteiger partial charge in [-0.3, -0.25) is 0 Å². The maximum Gasteiger partial charge on any atom is 0.137 e. The zero-order chi connectivity index (χ0) is 14.8. The summed E-state index contributed by atoms with van der Waals surface area (Å²) in [6.07, 6.45) is 1.19. The summed E-state index contributed by atoms with van der Waals surface area (Å²) >= 11 is 1.62. The second-order valence-electron chi connectivity index (χ2n) is 6.35. The monoisotopic (exact) mass is 297 g/mol. The maximum atomic E-state index is 14.2. The SMILES string of the molecule is CC1OCCC1Sc1c(F)cccc1CNC(C)(C)C. The Labute approximate surface area is 125 Å². The molecule has 1 aromatic carbocycles. The summed E-state index contributed by atoms with van der Waals surface area (Å²) in [6.45, 7) is 9.89. The van der Waals surface area contributed by atoms with Gasteiger partial charge in [-0.05, 0) is 45.7 Å². The number of rotatable bonds is 4. The number of hydrogen-bond donors (Lipinski definition) is 1. The zero-order valence-corrected chi connectivity index (χ0v) is 13.5. The molecule has 1 heterocycles. The predicted octanol–water partition coefficient (Wildman–Crippen LogP) is 3.98. The van der Waals surface area contributed by atoms with Crippen molar-refractivity contribution in [3.63, 3.8) is 0 Å². The van der Waals surface area contributed by atoms with Crippen LogP contribution in [0.4, 0.5) is 4.39 Å². The maximum absolute atomic E-state index is 14.2. The van der Waals surface area contributed by atoms with Crippen molar-refractivity contribution in [2.45, 2.75) is 62.4 Å². The van der Waals surface area contributed by atoms with Gasteiger partial charge in [-0.2, -0.15) is 0 Å². The summed E-state index contributed by atoms with van der Waals surface area (Å²) in [7, 11) is 0. The Morgan fingerprint density at radius 2 is 2.15 bits per heavy atom. The lowest BCUT2D eigenvalue weighted by Gasteiger charge is -2.22. The van der Waals surface area contributed by atoms with Crippen molar-refractivity contribution in [1.29, 1.82) is 0 Å². The van der Waals surface area contributed by atoms with Crippen molar-refractivity contribution >= 4 is 11.8 Å². The molecule has 112 valence electrons. The lowest BCUT2D eigenvalue weighted by molar-refractivity contribution is 0.127. The van der Waals surface area contributed by atoms with Gasteiger partial charge in [0.05, 0.1) is 6.10 Å². The number of thioether (sulfide) groups is 1. The van der Waals surface area contributed by atoms with Crippen molar-refractivity contribution in [2.75, 3.05) is 6.61 Å². The van der Waals surface area contributed by atoms with E-state index in [1.54, 1.807) is 23.9 Å². The Morgan fingerprint density at radius 3 is 2.75 bits per heavy atom. The van der Waals surface area contributed by atoms with Crippen LogP contribution >= 0.6 is 11.8 Å². The Bertz CT molecular complexity index is 458. The van der Waals surface area contributed by atoms with E-state index in [4.69, 9.17) is 4.74 Å². The van der Waals surface area contributed by atoms with Gasteiger partial charge in [0.25, 0.3) is 0 Å². The molecule has 0 radical (unpaired) electrons. The molecule has 1 aliphatic rings. The van der Waals surface area contributed by atoms with E-state index in [0.717, 1.165) is 23.5 Å². The molecule has 0 aliphatic carbocycles. The van der Waals surface area contributed by atoms with Gasteiger partial charge in [-0.15, -0.1) is 11.8 Å². The standard InChI is InChI=1S/C16H24FNOS/c1-11-14(8-9-19-11)20-15-12(6-5-7-13(15)17)10-18-16(2,3)4/h5-7,11,14,18H,8-10H2,1-4H3. The van der Waals surface area contributed by atoms with E-state index in [2.05, 4.69) is 33.0 Å². The summed E-state index contributed by atoms with van der Waals surface area (Å²) < 4.78 is 19.7. The number of nitrogens with one attached hydrogen (secondary N) is 1. The first-order chi connectivity index (χ1) is 9.37. The van der Waals surface area contributed by atoms with Crippen LogP contribution in [-0.2, 0) is 11.3 Å². The summed E-state index contributed by atoms with van der Waals surface area (Å²) in [5.74, 6) is -0.123. The molecular weight excluding hydrogens is 273 g/mol. The van der Waals surface area contributed by atoms with E-state index in [9.17, 15) is 4.39 Å². The van der Waals surface area contributed by atoms with Crippen molar-refractivity contribution in [2.24, 2.45) is 0 Å². The van der Waals surface area contributed by atoms with Crippen molar-refractivity contribution in [1.82, 2.24) is 5.32 Å². The Morgan fingerprint density at radius 1 is 1.40 bits per heavy atom. The van der Waals surface area contributed by atoms with Crippen LogP contribution in [0.5, 0.6) is 0 Å². The molecule has 0 bridgehead atoms. The van der Waals surface area contributed by atoms with Crippen LogP contribution in [0.3, 0.4) is 0 Å². The minimum atomic E-state index is -0.123. The molecule has 1 N–H and O–H groups in total. The second kappa shape index (κ2) is 6.46. The third-order valence-electron chi connectivity index (χ3n) is 3.43. The molecule has 0 aromatic heterocycles. The van der Waals surface area contributed by atoms with Crippen LogP contribution in [-0.4, -0.2) is 23.5 Å². The third kappa shape index (κ3) is 4.21. The molecule has 1 aliphatic heterocycles. The van der Waals surface area contributed by atoms with Gasteiger partial charge in [-0.25, -0.2) is 4.39 Å². The van der Waals surface area contributed by atoms with Crippen LogP contribution in [0, 0.1) is 5.82 Å². The van der Waals surface area contributed by atoms with E-state index in [0.29, 0.717) is 11.8 Å². The molecule has 1 aromatic rings. The molecule has 1 saturated heterocycles. The Kier molecular flexibility index (Phi) is 5.10. The lowest BCUT2D eigenvalue weighted by atomic mass is 10.1. The van der Waals surface area contributed by atoms with Gasteiger partial charge in [0.1, 0.15) is 5.82 Å². The fourth-order valence-electron chi connectivity index (χ4n) is 2.20. The molecule has 2 rings (SSSR count). The molecule has 2 unspecified atom stereocenters. The minimum Gasteiger partial charge on any atom is -0.377 e. The van der Waals surface area contributed by atoms with E-state index in [1.165, 1.54) is 0 Å². The highest BCUT2D eigenvalue weighted by Gasteiger charge is 2.27. The van der Waals surface area contributed by atoms with E-state index in [1.807, 2.05) is 6.07 Å². The molecule has 2 atom stereocenters. The molecule has 0 saturated carbocycles. The average molecular weight is 297 g/mol. The number of halogens is 1. The van der Waals surface area contributed by atoms with Crippen LogP contribution < -0.4 is 5.32 Å². The normalized spacial score (nSPS) is 23.2. The molecular formula is C16H24FNOS. The second-order valence-corrected chi connectivity index (χ2v) is 7.60. The van der Waals surface area contributed by atoms with Crippen LogP contribution in [0.15, 0.2) is 23.1 Å². The smallest absolute Gasteiger partial charge is 0.137 e. The highest BCUT2D eigenvalue weighted by Crippen LogP contribution is 2.36. The molecule has 1 fully saturated rings. The van der Waals surface area contributed by atoms with Crippen molar-refractivity contribution in [3.8, 4) is 0 Å². The van der Waals surface area contributed by atoms with Gasteiger partial charge in [0.2, 0.25) is 0 Å². The number of ether oxygens (including phenoxy) is 1. The van der Waals surface area contributed by atoms with Gasteiger partial charge < -0.3 is 10.1 Å². The fourth-order valence-corrected chi connectivity index (χ4v) is 3.46. The van der Waals surface area contributed by atoms with Gasteiger partial charge in [0.15, 0.2) is 0 Å². The molecule has 0 amide bonds. The van der Waals surface area contributed by atoms with Crippen LogP contribution in [0.2, 0.25) is 0 Å². The molecule has 20 heavy (non-hydrogen) atoms. The zero-order valence-electron chi connectivity index (χ0n) is 12.7. The van der Waals surface area contributed by atoms with Crippen molar-refractivity contribution < 1.29 is 9.13 Å². The number of benzene rings is 1. The van der Waals surface area contributed by atoms with Crippen LogP contribution in [0.1, 0.15) is 39.7 Å². The first-order valence-electron chi connectivity index (χ1n) is 7.17. The van der Waals surface area contributed by atoms with E-state index in [-0.39, 0.29) is 17.5 Å². The van der Waals surface area contributed by atoms with Gasteiger partial charge in [-0.1, -0.05) is 12.1 Å². The van der Waals surface area contributed by atoms with Crippen molar-refractivity contribution in [3.05, 3.63) is 29.6 Å². The quantitative estimate of drug-likeness (QED) is 0.908. The topological polar surface area (TPSA) is 21.3 Å². The van der Waals surface area contributed by atoms with Gasteiger partial charge in [0, 0.05) is 28.8 Å². The Hall–Kier alpha value is -0.580. The lowest BCUT2D eigenvalue weighted by Crippen LogP contribution is -2.35. The Balaban J connectivity index is 2.13. The van der Waals surface area contributed by atoms with E-state index < -0.39 is 0 Å². The molecule has 0 spiro atoms. The largest absolute Gasteiger partial charge is 0.377 e. The highest BCUT2D eigenvalue weighted by atomic mass is 32.2. The van der Waals surface area contributed by atoms with E-state index >= 15 is 0 Å². The summed E-state index contributed by atoms with van der Waals surface area (Å²) in [4.78, 5) is 0.770. The minimum absolute atomic E-state index is 0.0258. The third-order valence-corrected chi connectivity index (χ3v) is 5.05. The van der Waals surface area contributed by atoms with Gasteiger partial charge >= 0.3 is 0 Å². The first-order valence-corrected chi connectivity index (χ1v) is 8.05. The van der Waals surface area contributed by atoms with Crippen LogP contribution in [0.25, 0.3) is 0 Å². The summed E-state index contributed by atoms with van der Waals surface area (Å²) in [5.41, 5.74) is 1.06. The molecule has 4 heteroatoms. The summed E-state index contributed by atoms with van der Waals surface area (Å²) in [6, 6.07) is 5.33. The predicted molar refractivity (Wildman–Crippen MR) is 82.7 cm³/mol. The fraction of sp³-hybridized carbons (Fsp3) is 0.625. The summed E-state index contributed by atoms with van der Waals surface area (Å²) in [5, 5.41) is 3.78. The first kappa shape index (κ1) is 15.8.